The molecule has 0 aliphatic rings. The highest BCUT2D eigenvalue weighted by Gasteiger charge is 2.14. The standard InChI is InChI=1S/C15H16N2O4S/c1-4-13(18)21-11-6-5-10(7-12(11)20-3)14(19)17-15-16-9(2)8-22-15/h5-8H,4H2,1-3H3,(H,16,17,19). The number of amides is 1. The minimum atomic E-state index is -0.367. The zero-order valence-corrected chi connectivity index (χ0v) is 13.3. The van der Waals surface area contributed by atoms with Gasteiger partial charge in [0.2, 0.25) is 0 Å². The first kappa shape index (κ1) is 16.0. The van der Waals surface area contributed by atoms with E-state index in [2.05, 4.69) is 10.3 Å². The molecule has 0 saturated carbocycles. The molecule has 0 aliphatic carbocycles. The number of methoxy groups -OCH3 is 1. The molecular formula is C15H16N2O4S. The summed E-state index contributed by atoms with van der Waals surface area (Å²) in [5.41, 5.74) is 1.24. The van der Waals surface area contributed by atoms with E-state index in [1.165, 1.54) is 30.6 Å². The Morgan fingerprint density at radius 1 is 1.32 bits per heavy atom. The maximum atomic E-state index is 12.2. The molecule has 1 aromatic carbocycles. The van der Waals surface area contributed by atoms with Gasteiger partial charge in [-0.2, -0.15) is 0 Å². The fourth-order valence-electron chi connectivity index (χ4n) is 1.67. The van der Waals surface area contributed by atoms with Crippen molar-refractivity contribution < 1.29 is 19.1 Å². The summed E-state index contributed by atoms with van der Waals surface area (Å²) in [6, 6.07) is 4.62. The molecule has 6 nitrogen and oxygen atoms in total. The second kappa shape index (κ2) is 7.04. The van der Waals surface area contributed by atoms with Crippen LogP contribution >= 0.6 is 11.3 Å². The summed E-state index contributed by atoms with van der Waals surface area (Å²) in [5.74, 6) is -0.0597. The molecule has 116 valence electrons. The fraction of sp³-hybridized carbons (Fsp3) is 0.267. The van der Waals surface area contributed by atoms with Gasteiger partial charge < -0.3 is 9.47 Å². The van der Waals surface area contributed by atoms with E-state index in [4.69, 9.17) is 9.47 Å². The smallest absolute Gasteiger partial charge is 0.311 e. The molecule has 0 bridgehead atoms. The molecule has 0 radical (unpaired) electrons. The van der Waals surface area contributed by atoms with Crippen molar-refractivity contribution in [3.8, 4) is 11.5 Å². The Bertz CT molecular complexity index is 697. The predicted molar refractivity (Wildman–Crippen MR) is 83.7 cm³/mol. The predicted octanol–water partition coefficient (Wildman–Crippen LogP) is 3.03. The fourth-order valence-corrected chi connectivity index (χ4v) is 2.35. The van der Waals surface area contributed by atoms with Gasteiger partial charge in [0.25, 0.3) is 5.91 Å². The highest BCUT2D eigenvalue weighted by molar-refractivity contribution is 7.13. The average Bonchev–Trinajstić information content (AvgIpc) is 2.92. The van der Waals surface area contributed by atoms with Gasteiger partial charge in [0.15, 0.2) is 16.6 Å². The molecule has 1 amide bonds. The van der Waals surface area contributed by atoms with Crippen molar-refractivity contribution >= 4 is 28.3 Å². The van der Waals surface area contributed by atoms with E-state index in [0.29, 0.717) is 16.4 Å². The Hall–Kier alpha value is -2.41. The van der Waals surface area contributed by atoms with Crippen molar-refractivity contribution in [1.82, 2.24) is 4.98 Å². The van der Waals surface area contributed by atoms with Crippen molar-refractivity contribution in [1.29, 1.82) is 0 Å². The topological polar surface area (TPSA) is 77.5 Å². The maximum Gasteiger partial charge on any atom is 0.311 e. The van der Waals surface area contributed by atoms with Crippen molar-refractivity contribution in [2.75, 3.05) is 12.4 Å². The lowest BCUT2D eigenvalue weighted by molar-refractivity contribution is -0.134. The summed E-state index contributed by atoms with van der Waals surface area (Å²) < 4.78 is 10.3. The molecule has 0 spiro atoms. The van der Waals surface area contributed by atoms with Gasteiger partial charge in [-0.15, -0.1) is 11.3 Å². The van der Waals surface area contributed by atoms with Gasteiger partial charge in [0.05, 0.1) is 12.8 Å². The molecule has 0 atom stereocenters. The number of hydrogen-bond donors (Lipinski definition) is 1. The second-order valence-corrected chi connectivity index (χ2v) is 5.30. The van der Waals surface area contributed by atoms with E-state index in [1.807, 2.05) is 12.3 Å². The highest BCUT2D eigenvalue weighted by atomic mass is 32.1. The number of anilines is 1. The molecule has 2 aromatic rings. The van der Waals surface area contributed by atoms with E-state index < -0.39 is 0 Å². The Morgan fingerprint density at radius 2 is 2.09 bits per heavy atom. The number of hydrogen-bond acceptors (Lipinski definition) is 6. The number of nitrogens with one attached hydrogen (secondary N) is 1. The van der Waals surface area contributed by atoms with Crippen LogP contribution in [0.5, 0.6) is 11.5 Å². The molecule has 0 saturated heterocycles. The zero-order chi connectivity index (χ0) is 16.1. The average molecular weight is 320 g/mol. The van der Waals surface area contributed by atoms with E-state index in [1.54, 1.807) is 13.0 Å². The molecular weight excluding hydrogens is 304 g/mol. The van der Waals surface area contributed by atoms with E-state index in [0.717, 1.165) is 5.69 Å². The molecule has 22 heavy (non-hydrogen) atoms. The van der Waals surface area contributed by atoms with Crippen molar-refractivity contribution in [3.05, 3.63) is 34.8 Å². The van der Waals surface area contributed by atoms with Crippen LogP contribution < -0.4 is 14.8 Å². The molecule has 0 fully saturated rings. The molecule has 1 heterocycles. The lowest BCUT2D eigenvalue weighted by Crippen LogP contribution is -2.12. The summed E-state index contributed by atoms with van der Waals surface area (Å²) in [6.07, 6.45) is 0.259. The Labute approximate surface area is 132 Å². The Morgan fingerprint density at radius 3 is 2.68 bits per heavy atom. The third-order valence-electron chi connectivity index (χ3n) is 2.78. The lowest BCUT2D eigenvalue weighted by Gasteiger charge is -2.10. The first-order valence-corrected chi connectivity index (χ1v) is 7.53. The normalized spacial score (nSPS) is 10.1. The lowest BCUT2D eigenvalue weighted by atomic mass is 10.2. The van der Waals surface area contributed by atoms with Crippen LogP contribution in [0.15, 0.2) is 23.6 Å². The number of benzene rings is 1. The number of carbonyl (C=O) groups is 2. The monoisotopic (exact) mass is 320 g/mol. The Balaban J connectivity index is 2.17. The summed E-state index contributed by atoms with van der Waals surface area (Å²) in [6.45, 7) is 3.55. The van der Waals surface area contributed by atoms with Crippen LogP contribution in [-0.2, 0) is 4.79 Å². The summed E-state index contributed by atoms with van der Waals surface area (Å²) >= 11 is 1.35. The van der Waals surface area contributed by atoms with E-state index in [9.17, 15) is 9.59 Å². The number of ether oxygens (including phenoxy) is 2. The molecule has 2 rings (SSSR count). The molecule has 1 aromatic heterocycles. The Kier molecular flexibility index (Phi) is 5.11. The van der Waals surface area contributed by atoms with Crippen LogP contribution in [0.4, 0.5) is 5.13 Å². The third kappa shape index (κ3) is 3.82. The van der Waals surface area contributed by atoms with Gasteiger partial charge >= 0.3 is 5.97 Å². The molecule has 0 aliphatic heterocycles. The van der Waals surface area contributed by atoms with Gasteiger partial charge in [-0.1, -0.05) is 6.92 Å². The van der Waals surface area contributed by atoms with Crippen LogP contribution in [-0.4, -0.2) is 24.0 Å². The van der Waals surface area contributed by atoms with Crippen LogP contribution in [0.1, 0.15) is 29.4 Å². The van der Waals surface area contributed by atoms with Crippen LogP contribution in [0.2, 0.25) is 0 Å². The first-order chi connectivity index (χ1) is 10.5. The highest BCUT2D eigenvalue weighted by Crippen LogP contribution is 2.29. The van der Waals surface area contributed by atoms with Gasteiger partial charge in [-0.05, 0) is 25.1 Å². The maximum absolute atomic E-state index is 12.2. The number of rotatable bonds is 5. The van der Waals surface area contributed by atoms with Gasteiger partial charge in [0.1, 0.15) is 0 Å². The van der Waals surface area contributed by atoms with Crippen LogP contribution in [0.25, 0.3) is 0 Å². The third-order valence-corrected chi connectivity index (χ3v) is 3.65. The molecule has 1 N–H and O–H groups in total. The molecule has 7 heteroatoms. The minimum absolute atomic E-state index is 0.259. The number of aromatic nitrogens is 1. The number of nitrogens with zero attached hydrogens (tertiary/aromatic N) is 1. The minimum Gasteiger partial charge on any atom is -0.493 e. The summed E-state index contributed by atoms with van der Waals surface area (Å²) in [5, 5.41) is 5.09. The first-order valence-electron chi connectivity index (χ1n) is 6.65. The van der Waals surface area contributed by atoms with Crippen LogP contribution in [0, 0.1) is 6.92 Å². The molecule has 0 unspecified atom stereocenters. The second-order valence-electron chi connectivity index (χ2n) is 4.44. The quantitative estimate of drug-likeness (QED) is 0.677. The number of esters is 1. The largest absolute Gasteiger partial charge is 0.493 e. The summed E-state index contributed by atoms with van der Waals surface area (Å²) in [4.78, 5) is 27.7. The van der Waals surface area contributed by atoms with Gasteiger partial charge in [-0.3, -0.25) is 14.9 Å². The SMILES string of the molecule is CCC(=O)Oc1ccc(C(=O)Nc2nc(C)cs2)cc1OC. The van der Waals surface area contributed by atoms with E-state index >= 15 is 0 Å². The van der Waals surface area contributed by atoms with Crippen LogP contribution in [0.3, 0.4) is 0 Å². The van der Waals surface area contributed by atoms with E-state index in [-0.39, 0.29) is 24.0 Å². The van der Waals surface area contributed by atoms with Crippen molar-refractivity contribution in [2.24, 2.45) is 0 Å². The number of thiazole rings is 1. The van der Waals surface area contributed by atoms with Crippen molar-refractivity contribution in [2.45, 2.75) is 20.3 Å². The zero-order valence-electron chi connectivity index (χ0n) is 12.5. The number of aryl methyl sites for hydroxylation is 1. The van der Waals surface area contributed by atoms with Gasteiger partial charge in [-0.25, -0.2) is 4.98 Å². The summed E-state index contributed by atoms with van der Waals surface area (Å²) in [7, 11) is 1.45. The van der Waals surface area contributed by atoms with Gasteiger partial charge in [0, 0.05) is 17.4 Å². The number of carbonyl (C=O) groups excluding carboxylic acids is 2. The van der Waals surface area contributed by atoms with Crippen molar-refractivity contribution in [3.63, 3.8) is 0 Å².